The number of hydrogen-bond donors (Lipinski definition) is 5. The van der Waals surface area contributed by atoms with Gasteiger partial charge < -0.3 is 30.0 Å². The van der Waals surface area contributed by atoms with Crippen molar-refractivity contribution in [1.29, 1.82) is 0 Å². The fourth-order valence-electron chi connectivity index (χ4n) is 1.96. The highest BCUT2D eigenvalue weighted by Gasteiger charge is 2.63. The molecule has 2 heterocycles. The van der Waals surface area contributed by atoms with E-state index in [2.05, 4.69) is 4.98 Å². The SMILES string of the molecule is O=CC(O)(C(=O)O)C(O)(C(=O)O)n1ccc2[nH]ccc21.[H+]. The third-order valence-electron chi connectivity index (χ3n) is 3.08. The summed E-state index contributed by atoms with van der Waals surface area (Å²) in [5.41, 5.74) is -6.45. The summed E-state index contributed by atoms with van der Waals surface area (Å²) in [6.07, 6.45) is 1.94. The lowest BCUT2D eigenvalue weighted by Gasteiger charge is -2.34. The summed E-state index contributed by atoms with van der Waals surface area (Å²) in [5, 5.41) is 38.1. The Morgan fingerprint density at radius 3 is 2.40 bits per heavy atom. The average molecular weight is 283 g/mol. The van der Waals surface area contributed by atoms with E-state index in [1.54, 1.807) is 0 Å². The fourth-order valence-corrected chi connectivity index (χ4v) is 1.96. The molecule has 2 rings (SSSR count). The molecule has 0 bridgehead atoms. The zero-order valence-electron chi connectivity index (χ0n) is 10.8. The molecule has 0 aliphatic rings. The second-order valence-corrected chi connectivity index (χ2v) is 4.13. The number of nitrogens with one attached hydrogen (secondary N) is 1. The number of rotatable bonds is 5. The zero-order valence-corrected chi connectivity index (χ0v) is 9.85. The predicted molar refractivity (Wildman–Crippen MR) is 63.9 cm³/mol. The maximum absolute atomic E-state index is 11.3. The smallest absolute Gasteiger partial charge is 0.479 e. The van der Waals surface area contributed by atoms with Gasteiger partial charge >= 0.3 is 13.4 Å². The van der Waals surface area contributed by atoms with Gasteiger partial charge in [-0.1, -0.05) is 0 Å². The van der Waals surface area contributed by atoms with Crippen LogP contribution in [0.4, 0.5) is 0 Å². The number of fused-ring (bicyclic) bond motifs is 1. The van der Waals surface area contributed by atoms with Gasteiger partial charge in [-0.05, 0) is 12.1 Å². The van der Waals surface area contributed by atoms with Crippen LogP contribution in [-0.2, 0) is 20.1 Å². The molecular weight excluding hydrogens is 272 g/mol. The molecule has 0 aliphatic carbocycles. The van der Waals surface area contributed by atoms with Crippen LogP contribution >= 0.6 is 0 Å². The third-order valence-corrected chi connectivity index (χ3v) is 3.08. The van der Waals surface area contributed by atoms with Gasteiger partial charge in [0.1, 0.15) is 0 Å². The van der Waals surface area contributed by atoms with Gasteiger partial charge in [-0.3, -0.25) is 4.79 Å². The van der Waals surface area contributed by atoms with E-state index >= 15 is 0 Å². The summed E-state index contributed by atoms with van der Waals surface area (Å²) in [6.45, 7) is 0. The van der Waals surface area contributed by atoms with Gasteiger partial charge in [0.05, 0.1) is 11.0 Å². The second kappa shape index (κ2) is 4.18. The van der Waals surface area contributed by atoms with Crippen LogP contribution in [0.25, 0.3) is 11.0 Å². The first-order valence-corrected chi connectivity index (χ1v) is 5.32. The highest BCUT2D eigenvalue weighted by Crippen LogP contribution is 2.31. The van der Waals surface area contributed by atoms with Crippen LogP contribution in [0.1, 0.15) is 1.43 Å². The molecule has 2 atom stereocenters. The third kappa shape index (κ3) is 1.47. The minimum Gasteiger partial charge on any atom is -0.479 e. The second-order valence-electron chi connectivity index (χ2n) is 4.13. The highest BCUT2D eigenvalue weighted by molar-refractivity contribution is 6.03. The molecular formula is C11H11N2O7+. The molecule has 0 aromatic carbocycles. The molecule has 2 aromatic heterocycles. The lowest BCUT2D eigenvalue weighted by Crippen LogP contribution is -2.65. The molecule has 0 spiro atoms. The van der Waals surface area contributed by atoms with Crippen molar-refractivity contribution in [1.82, 2.24) is 9.55 Å². The van der Waals surface area contributed by atoms with E-state index in [4.69, 9.17) is 10.2 Å². The van der Waals surface area contributed by atoms with Crippen LogP contribution in [-0.4, -0.2) is 53.8 Å². The van der Waals surface area contributed by atoms with Crippen molar-refractivity contribution < 1.29 is 36.2 Å². The Morgan fingerprint density at radius 1 is 1.25 bits per heavy atom. The summed E-state index contributed by atoms with van der Waals surface area (Å²) in [7, 11) is 0. The summed E-state index contributed by atoms with van der Waals surface area (Å²) in [4.78, 5) is 36.0. The number of hydrogen-bond acceptors (Lipinski definition) is 5. The van der Waals surface area contributed by atoms with E-state index < -0.39 is 29.6 Å². The number of carboxylic acid groups (broad SMARTS) is 2. The van der Waals surface area contributed by atoms with Crippen molar-refractivity contribution in [3.8, 4) is 0 Å². The van der Waals surface area contributed by atoms with Crippen LogP contribution in [0, 0.1) is 0 Å². The number of aromatic amines is 1. The van der Waals surface area contributed by atoms with Crippen LogP contribution in [0.3, 0.4) is 0 Å². The minimum absolute atomic E-state index is 0. The number of aliphatic hydroxyl groups is 2. The van der Waals surface area contributed by atoms with E-state index in [0.29, 0.717) is 10.1 Å². The van der Waals surface area contributed by atoms with Gasteiger partial charge in [-0.25, -0.2) is 9.59 Å². The minimum atomic E-state index is -3.55. The Kier molecular flexibility index (Phi) is 2.88. The lowest BCUT2D eigenvalue weighted by molar-refractivity contribution is -0.221. The number of aromatic nitrogens is 2. The van der Waals surface area contributed by atoms with Crippen molar-refractivity contribution in [2.75, 3.05) is 0 Å². The number of carbonyl (C=O) groups is 3. The number of aldehydes is 1. The normalized spacial score (nSPS) is 17.3. The predicted octanol–water partition coefficient (Wildman–Crippen LogP) is -1.17. The van der Waals surface area contributed by atoms with Crippen molar-refractivity contribution in [3.05, 3.63) is 24.5 Å². The lowest BCUT2D eigenvalue weighted by atomic mass is 9.91. The monoisotopic (exact) mass is 283 g/mol. The van der Waals surface area contributed by atoms with Crippen molar-refractivity contribution in [2.24, 2.45) is 0 Å². The largest absolute Gasteiger partial charge is 1.00 e. The van der Waals surface area contributed by atoms with E-state index in [9.17, 15) is 24.6 Å². The summed E-state index contributed by atoms with van der Waals surface area (Å²) in [5.74, 6) is -4.28. The van der Waals surface area contributed by atoms with Gasteiger partial charge in [0.2, 0.25) is 0 Å². The first kappa shape index (κ1) is 13.8. The van der Waals surface area contributed by atoms with Crippen LogP contribution < -0.4 is 0 Å². The molecule has 106 valence electrons. The maximum Gasteiger partial charge on any atom is 1.00 e. The van der Waals surface area contributed by atoms with Gasteiger partial charge in [-0.15, -0.1) is 0 Å². The Labute approximate surface area is 112 Å². The fraction of sp³-hybridized carbons (Fsp3) is 0.182. The van der Waals surface area contributed by atoms with Crippen LogP contribution in [0.5, 0.6) is 0 Å². The number of carbonyl (C=O) groups excluding carboxylic acids is 1. The first-order valence-electron chi connectivity index (χ1n) is 5.32. The molecule has 0 saturated carbocycles. The Balaban J connectivity index is 0.00000220. The van der Waals surface area contributed by atoms with E-state index in [-0.39, 0.29) is 6.94 Å². The molecule has 0 amide bonds. The van der Waals surface area contributed by atoms with Gasteiger partial charge in [0, 0.05) is 12.4 Å². The average Bonchev–Trinajstić information content (AvgIpc) is 2.98. The van der Waals surface area contributed by atoms with Gasteiger partial charge in [-0.2, -0.15) is 0 Å². The van der Waals surface area contributed by atoms with Crippen LogP contribution in [0.15, 0.2) is 24.5 Å². The standard InChI is InChI=1S/C11H10N2O7/c14-5-10(19,8(15)16)11(20,9(17)18)13-4-2-6-7(13)1-3-12-6/h1-5,12,19-20H,(H,15,16)(H,17,18)/p+1. The van der Waals surface area contributed by atoms with Crippen molar-refractivity contribution >= 4 is 29.3 Å². The van der Waals surface area contributed by atoms with Crippen molar-refractivity contribution in [3.63, 3.8) is 0 Å². The van der Waals surface area contributed by atoms with Crippen LogP contribution in [0.2, 0.25) is 0 Å². The first-order chi connectivity index (χ1) is 9.29. The molecule has 9 heteroatoms. The number of aliphatic carboxylic acids is 2. The topological polar surface area (TPSA) is 153 Å². The molecule has 5 N–H and O–H groups in total. The summed E-state index contributed by atoms with van der Waals surface area (Å²) < 4.78 is 0.601. The molecule has 0 saturated heterocycles. The number of carboxylic acids is 2. The van der Waals surface area contributed by atoms with Gasteiger partial charge in [0.15, 0.2) is 6.29 Å². The Hall–Kier alpha value is -2.65. The molecule has 9 nitrogen and oxygen atoms in total. The molecule has 2 unspecified atom stereocenters. The number of nitrogens with zero attached hydrogens (tertiary/aromatic N) is 1. The summed E-state index contributed by atoms with van der Waals surface area (Å²) >= 11 is 0. The van der Waals surface area contributed by atoms with E-state index in [1.807, 2.05) is 0 Å². The molecule has 0 aliphatic heterocycles. The molecule has 20 heavy (non-hydrogen) atoms. The van der Waals surface area contributed by atoms with Crippen molar-refractivity contribution in [2.45, 2.75) is 11.3 Å². The Bertz CT molecular complexity index is 708. The van der Waals surface area contributed by atoms with Gasteiger partial charge in [0.25, 0.3) is 11.3 Å². The molecule has 0 fully saturated rings. The highest BCUT2D eigenvalue weighted by atomic mass is 16.5. The maximum atomic E-state index is 11.3. The summed E-state index contributed by atoms with van der Waals surface area (Å²) in [6, 6.07) is 2.71. The Morgan fingerprint density at radius 2 is 1.90 bits per heavy atom. The molecule has 2 aromatic rings. The van der Waals surface area contributed by atoms with E-state index in [1.165, 1.54) is 18.3 Å². The quantitative estimate of drug-likeness (QED) is 0.342. The number of H-pyrrole nitrogens is 1. The zero-order chi connectivity index (χ0) is 15.1. The van der Waals surface area contributed by atoms with E-state index in [0.717, 1.165) is 6.20 Å². The molecule has 0 radical (unpaired) electrons.